The van der Waals surface area contributed by atoms with Gasteiger partial charge < -0.3 is 21.3 Å². The first-order valence-corrected chi connectivity index (χ1v) is 10.3. The largest absolute Gasteiger partial charge is 0.366 e. The van der Waals surface area contributed by atoms with Crippen molar-refractivity contribution >= 4 is 52.2 Å². The van der Waals surface area contributed by atoms with Crippen molar-refractivity contribution in [2.75, 3.05) is 24.5 Å². The summed E-state index contributed by atoms with van der Waals surface area (Å²) >= 11 is 1.80. The number of thiophene rings is 1. The lowest BCUT2D eigenvalue weighted by Gasteiger charge is -2.33. The molecule has 0 radical (unpaired) electrons. The normalized spacial score (nSPS) is 15.0. The number of hydrogen-bond acceptors (Lipinski definition) is 4. The first kappa shape index (κ1) is 22.5. The maximum atomic E-state index is 11.3. The van der Waals surface area contributed by atoms with Crippen LogP contribution in [0.15, 0.2) is 46.8 Å². The fourth-order valence-corrected chi connectivity index (χ4v) is 3.99. The minimum absolute atomic E-state index is 0. The molecule has 0 saturated carbocycles. The van der Waals surface area contributed by atoms with E-state index in [-0.39, 0.29) is 24.0 Å². The Hall–Kier alpha value is -1.81. The van der Waals surface area contributed by atoms with E-state index >= 15 is 0 Å². The smallest absolute Gasteiger partial charge is 0.248 e. The van der Waals surface area contributed by atoms with Gasteiger partial charge in [-0.15, -0.1) is 35.3 Å². The number of aliphatic imine (C=N–C) groups is 1. The van der Waals surface area contributed by atoms with E-state index in [0.29, 0.717) is 18.2 Å². The number of nitrogens with zero attached hydrogens (tertiary/aromatic N) is 2. The Morgan fingerprint density at radius 1 is 1.29 bits per heavy atom. The van der Waals surface area contributed by atoms with E-state index < -0.39 is 5.91 Å². The lowest BCUT2D eigenvalue weighted by molar-refractivity contribution is 0.1000. The number of carbonyl (C=O) groups is 1. The maximum Gasteiger partial charge on any atom is 0.248 e. The summed E-state index contributed by atoms with van der Waals surface area (Å²) in [6.45, 7) is 5.48. The highest BCUT2D eigenvalue weighted by molar-refractivity contribution is 14.0. The number of rotatable bonds is 6. The third kappa shape index (κ3) is 6.37. The van der Waals surface area contributed by atoms with Crippen LogP contribution in [0, 0.1) is 0 Å². The summed E-state index contributed by atoms with van der Waals surface area (Å²) in [5.74, 6) is 0.403. The van der Waals surface area contributed by atoms with Crippen LogP contribution in [0.4, 0.5) is 5.00 Å². The van der Waals surface area contributed by atoms with Gasteiger partial charge in [-0.1, -0.05) is 12.1 Å². The number of halogens is 1. The standard InChI is InChI=1S/C20H27N5OS.HI/c1-2-22-20(23-14-15-5-3-6-16(13-15)19(21)26)24-17-8-10-25(11-9-17)18-7-4-12-27-18;/h3-7,12-13,17H,2,8-11,14H2,1H3,(H2,21,26)(H2,22,23,24);1H. The molecule has 1 amide bonds. The van der Waals surface area contributed by atoms with Gasteiger partial charge in [-0.05, 0) is 55.0 Å². The summed E-state index contributed by atoms with van der Waals surface area (Å²) < 4.78 is 0. The van der Waals surface area contributed by atoms with E-state index in [1.165, 1.54) is 5.00 Å². The summed E-state index contributed by atoms with van der Waals surface area (Å²) in [6, 6.07) is 12.0. The van der Waals surface area contributed by atoms with Gasteiger partial charge in [-0.3, -0.25) is 4.79 Å². The van der Waals surface area contributed by atoms with E-state index in [2.05, 4.69) is 45.0 Å². The predicted octanol–water partition coefficient (Wildman–Crippen LogP) is 3.19. The van der Waals surface area contributed by atoms with E-state index in [1.807, 2.05) is 12.1 Å². The van der Waals surface area contributed by atoms with Gasteiger partial charge in [0.05, 0.1) is 11.5 Å². The molecule has 1 saturated heterocycles. The minimum atomic E-state index is -0.414. The molecule has 0 spiro atoms. The first-order chi connectivity index (χ1) is 13.2. The average Bonchev–Trinajstić information content (AvgIpc) is 3.22. The van der Waals surface area contributed by atoms with Crippen LogP contribution < -0.4 is 21.3 Å². The van der Waals surface area contributed by atoms with Crippen LogP contribution in [0.1, 0.15) is 35.7 Å². The number of nitrogens with two attached hydrogens (primary N) is 1. The van der Waals surface area contributed by atoms with Crippen LogP contribution in [0.5, 0.6) is 0 Å². The molecule has 4 N–H and O–H groups in total. The molecule has 0 atom stereocenters. The van der Waals surface area contributed by atoms with Crippen molar-refractivity contribution in [3.05, 3.63) is 52.9 Å². The van der Waals surface area contributed by atoms with Crippen molar-refractivity contribution in [3.8, 4) is 0 Å². The molecule has 6 nitrogen and oxygen atoms in total. The Kier molecular flexibility index (Phi) is 9.04. The summed E-state index contributed by atoms with van der Waals surface area (Å²) in [7, 11) is 0. The van der Waals surface area contributed by atoms with Crippen LogP contribution in [0.25, 0.3) is 0 Å². The lowest BCUT2D eigenvalue weighted by atomic mass is 10.1. The quantitative estimate of drug-likeness (QED) is 0.315. The van der Waals surface area contributed by atoms with Crippen LogP contribution in [0.2, 0.25) is 0 Å². The molecule has 0 aliphatic carbocycles. The summed E-state index contributed by atoms with van der Waals surface area (Å²) in [5.41, 5.74) is 6.84. The van der Waals surface area contributed by atoms with Crippen LogP contribution in [-0.4, -0.2) is 37.5 Å². The van der Waals surface area contributed by atoms with E-state index in [0.717, 1.165) is 44.0 Å². The molecule has 0 bridgehead atoms. The molecule has 0 unspecified atom stereocenters. The van der Waals surface area contributed by atoms with Gasteiger partial charge in [0.2, 0.25) is 5.91 Å². The second kappa shape index (κ2) is 11.3. The average molecular weight is 513 g/mol. The Morgan fingerprint density at radius 3 is 2.71 bits per heavy atom. The number of guanidine groups is 1. The minimum Gasteiger partial charge on any atom is -0.366 e. The molecule has 28 heavy (non-hydrogen) atoms. The van der Waals surface area contributed by atoms with Crippen LogP contribution >= 0.6 is 35.3 Å². The Bertz CT molecular complexity index is 773. The van der Waals surface area contributed by atoms with Gasteiger partial charge in [0, 0.05) is 31.2 Å². The van der Waals surface area contributed by atoms with E-state index in [9.17, 15) is 4.79 Å². The third-order valence-electron chi connectivity index (χ3n) is 4.63. The molecule has 1 aliphatic heterocycles. The molecule has 2 aromatic rings. The fourth-order valence-electron chi connectivity index (χ4n) is 3.20. The second-order valence-electron chi connectivity index (χ2n) is 6.62. The topological polar surface area (TPSA) is 82.7 Å². The first-order valence-electron chi connectivity index (χ1n) is 9.37. The van der Waals surface area contributed by atoms with Gasteiger partial charge >= 0.3 is 0 Å². The van der Waals surface area contributed by atoms with Crippen molar-refractivity contribution in [1.82, 2.24) is 10.6 Å². The zero-order valence-electron chi connectivity index (χ0n) is 16.1. The SMILES string of the molecule is CCNC(=NCc1cccc(C(N)=O)c1)NC1CCN(c2cccs2)CC1.I. The Morgan fingerprint density at radius 2 is 2.07 bits per heavy atom. The number of anilines is 1. The van der Waals surface area contributed by atoms with Gasteiger partial charge in [0.15, 0.2) is 5.96 Å². The van der Waals surface area contributed by atoms with Crippen molar-refractivity contribution < 1.29 is 4.79 Å². The molecule has 2 heterocycles. The molecule has 1 aromatic carbocycles. The number of carbonyl (C=O) groups excluding carboxylic acids is 1. The maximum absolute atomic E-state index is 11.3. The number of amides is 1. The molecular weight excluding hydrogens is 485 g/mol. The number of primary amides is 1. The Labute approximate surface area is 187 Å². The number of benzene rings is 1. The lowest BCUT2D eigenvalue weighted by Crippen LogP contribution is -2.48. The van der Waals surface area contributed by atoms with Gasteiger partial charge in [0.25, 0.3) is 0 Å². The van der Waals surface area contributed by atoms with Gasteiger partial charge in [-0.2, -0.15) is 0 Å². The second-order valence-corrected chi connectivity index (χ2v) is 7.54. The molecule has 8 heteroatoms. The number of piperidine rings is 1. The van der Waals surface area contributed by atoms with E-state index in [4.69, 9.17) is 5.73 Å². The van der Waals surface area contributed by atoms with Crippen molar-refractivity contribution in [2.45, 2.75) is 32.4 Å². The van der Waals surface area contributed by atoms with E-state index in [1.54, 1.807) is 23.5 Å². The number of nitrogens with one attached hydrogen (secondary N) is 2. The molecule has 1 aromatic heterocycles. The molecule has 3 rings (SSSR count). The van der Waals surface area contributed by atoms with Gasteiger partial charge in [-0.25, -0.2) is 4.99 Å². The highest BCUT2D eigenvalue weighted by Gasteiger charge is 2.20. The number of hydrogen-bond donors (Lipinski definition) is 3. The van der Waals surface area contributed by atoms with Crippen molar-refractivity contribution in [2.24, 2.45) is 10.7 Å². The van der Waals surface area contributed by atoms with Crippen LogP contribution in [-0.2, 0) is 6.54 Å². The molecular formula is C20H28IN5OS. The predicted molar refractivity (Wildman–Crippen MR) is 128 cm³/mol. The highest BCUT2D eigenvalue weighted by Crippen LogP contribution is 2.24. The summed E-state index contributed by atoms with van der Waals surface area (Å²) in [4.78, 5) is 18.5. The summed E-state index contributed by atoms with van der Waals surface area (Å²) in [6.07, 6.45) is 2.17. The van der Waals surface area contributed by atoms with Crippen molar-refractivity contribution in [1.29, 1.82) is 0 Å². The monoisotopic (exact) mass is 513 g/mol. The van der Waals surface area contributed by atoms with Crippen molar-refractivity contribution in [3.63, 3.8) is 0 Å². The molecule has 1 fully saturated rings. The summed E-state index contributed by atoms with van der Waals surface area (Å²) in [5, 5.41) is 10.3. The Balaban J connectivity index is 0.00000280. The zero-order chi connectivity index (χ0) is 19.1. The molecule has 152 valence electrons. The zero-order valence-corrected chi connectivity index (χ0v) is 19.2. The van der Waals surface area contributed by atoms with Crippen LogP contribution in [0.3, 0.4) is 0 Å². The molecule has 1 aliphatic rings. The van der Waals surface area contributed by atoms with Gasteiger partial charge in [0.1, 0.15) is 0 Å². The highest BCUT2D eigenvalue weighted by atomic mass is 127. The third-order valence-corrected chi connectivity index (χ3v) is 5.56. The fraction of sp³-hybridized carbons (Fsp3) is 0.400.